The van der Waals surface area contributed by atoms with Crippen LogP contribution in [-0.2, 0) is 9.59 Å². The topological polar surface area (TPSA) is 86.7 Å². The number of amides is 3. The molecule has 0 saturated carbocycles. The predicted octanol–water partition coefficient (Wildman–Crippen LogP) is 1.84. The van der Waals surface area contributed by atoms with E-state index in [1.165, 1.54) is 0 Å². The fraction of sp³-hybridized carbons (Fsp3) is 0.786. The lowest BCUT2D eigenvalue weighted by Gasteiger charge is -2.36. The van der Waals surface area contributed by atoms with Gasteiger partial charge in [0.2, 0.25) is 5.91 Å². The van der Waals surface area contributed by atoms with E-state index in [1.54, 1.807) is 11.8 Å². The third-order valence-electron chi connectivity index (χ3n) is 3.70. The average Bonchev–Trinajstić information content (AvgIpc) is 2.26. The van der Waals surface area contributed by atoms with Crippen LogP contribution >= 0.6 is 0 Å². The number of aliphatic carboxylic acids is 1. The minimum Gasteiger partial charge on any atom is -0.481 e. The summed E-state index contributed by atoms with van der Waals surface area (Å²) in [6.07, 6.45) is 1.87. The number of nitrogens with one attached hydrogen (secondary N) is 1. The number of rotatable bonds is 4. The molecule has 6 heteroatoms. The van der Waals surface area contributed by atoms with Crippen LogP contribution < -0.4 is 5.32 Å². The van der Waals surface area contributed by atoms with Crippen LogP contribution in [-0.4, -0.2) is 40.5 Å². The number of carboxylic acids is 1. The standard InChI is InChI=1S/C14H24N2O4/c1-9-4-5-16(11(3)6-9)14(20)15-12(17)7-10(2)8-13(18)19/h9-11H,4-8H2,1-3H3,(H,18,19)(H,15,17,20). The largest absolute Gasteiger partial charge is 0.481 e. The fourth-order valence-electron chi connectivity index (χ4n) is 2.64. The van der Waals surface area contributed by atoms with E-state index >= 15 is 0 Å². The molecular formula is C14H24N2O4. The predicted molar refractivity (Wildman–Crippen MR) is 74.1 cm³/mol. The molecule has 0 spiro atoms. The number of piperidine rings is 1. The lowest BCUT2D eigenvalue weighted by molar-refractivity contribution is -0.138. The van der Waals surface area contributed by atoms with E-state index in [4.69, 9.17) is 5.11 Å². The maximum Gasteiger partial charge on any atom is 0.324 e. The summed E-state index contributed by atoms with van der Waals surface area (Å²) in [5.74, 6) is -1.02. The lowest BCUT2D eigenvalue weighted by Crippen LogP contribution is -2.50. The molecule has 1 rings (SSSR count). The molecule has 2 N–H and O–H groups in total. The van der Waals surface area contributed by atoms with Gasteiger partial charge in [-0.3, -0.25) is 14.9 Å². The van der Waals surface area contributed by atoms with E-state index in [9.17, 15) is 14.4 Å². The molecule has 3 unspecified atom stereocenters. The van der Waals surface area contributed by atoms with E-state index < -0.39 is 11.9 Å². The van der Waals surface area contributed by atoms with Gasteiger partial charge >= 0.3 is 12.0 Å². The monoisotopic (exact) mass is 284 g/mol. The zero-order valence-corrected chi connectivity index (χ0v) is 12.4. The van der Waals surface area contributed by atoms with Crippen molar-refractivity contribution in [1.29, 1.82) is 0 Å². The molecule has 20 heavy (non-hydrogen) atoms. The number of hydrogen-bond acceptors (Lipinski definition) is 3. The van der Waals surface area contributed by atoms with Crippen molar-refractivity contribution in [2.24, 2.45) is 11.8 Å². The number of hydrogen-bond donors (Lipinski definition) is 2. The Balaban J connectivity index is 2.41. The van der Waals surface area contributed by atoms with Crippen LogP contribution in [0.3, 0.4) is 0 Å². The molecule has 1 heterocycles. The molecule has 0 bridgehead atoms. The molecular weight excluding hydrogens is 260 g/mol. The molecule has 114 valence electrons. The number of urea groups is 1. The smallest absolute Gasteiger partial charge is 0.324 e. The molecule has 0 aromatic carbocycles. The molecule has 1 fully saturated rings. The van der Waals surface area contributed by atoms with Gasteiger partial charge in [0.25, 0.3) is 0 Å². The van der Waals surface area contributed by atoms with Gasteiger partial charge in [0.15, 0.2) is 0 Å². The average molecular weight is 284 g/mol. The van der Waals surface area contributed by atoms with Crippen LogP contribution in [0.15, 0.2) is 0 Å². The summed E-state index contributed by atoms with van der Waals surface area (Å²) in [6.45, 7) is 6.48. The first-order valence-electron chi connectivity index (χ1n) is 7.11. The summed E-state index contributed by atoms with van der Waals surface area (Å²) in [5.41, 5.74) is 0. The van der Waals surface area contributed by atoms with Crippen LogP contribution in [0.25, 0.3) is 0 Å². The first-order chi connectivity index (χ1) is 9.29. The highest BCUT2D eigenvalue weighted by Gasteiger charge is 2.27. The van der Waals surface area contributed by atoms with Gasteiger partial charge in [-0.05, 0) is 31.6 Å². The summed E-state index contributed by atoms with van der Waals surface area (Å²) in [7, 11) is 0. The van der Waals surface area contributed by atoms with Gasteiger partial charge in [-0.1, -0.05) is 13.8 Å². The molecule has 0 radical (unpaired) electrons. The number of likely N-dealkylation sites (tertiary alicyclic amines) is 1. The fourth-order valence-corrected chi connectivity index (χ4v) is 2.64. The molecule has 3 atom stereocenters. The molecule has 1 aliphatic rings. The van der Waals surface area contributed by atoms with Gasteiger partial charge in [0.1, 0.15) is 0 Å². The SMILES string of the molecule is CC(CC(=O)O)CC(=O)NC(=O)N1CCC(C)CC1C. The van der Waals surface area contributed by atoms with Gasteiger partial charge < -0.3 is 10.0 Å². The van der Waals surface area contributed by atoms with E-state index in [1.807, 2.05) is 6.92 Å². The minimum absolute atomic E-state index is 0.0522. The zero-order chi connectivity index (χ0) is 15.3. The van der Waals surface area contributed by atoms with Crippen molar-refractivity contribution in [2.45, 2.75) is 52.5 Å². The van der Waals surface area contributed by atoms with Crippen LogP contribution in [0, 0.1) is 11.8 Å². The van der Waals surface area contributed by atoms with Gasteiger partial charge in [-0.2, -0.15) is 0 Å². The molecule has 3 amide bonds. The van der Waals surface area contributed by atoms with Gasteiger partial charge in [-0.25, -0.2) is 4.79 Å². The Hall–Kier alpha value is -1.59. The summed E-state index contributed by atoms with van der Waals surface area (Å²) < 4.78 is 0. The summed E-state index contributed by atoms with van der Waals surface area (Å²) >= 11 is 0. The van der Waals surface area contributed by atoms with E-state index in [0.717, 1.165) is 12.8 Å². The van der Waals surface area contributed by atoms with Crippen molar-refractivity contribution >= 4 is 17.9 Å². The van der Waals surface area contributed by atoms with Crippen LogP contribution in [0.5, 0.6) is 0 Å². The van der Waals surface area contributed by atoms with Crippen molar-refractivity contribution in [3.63, 3.8) is 0 Å². The zero-order valence-electron chi connectivity index (χ0n) is 12.4. The van der Waals surface area contributed by atoms with Crippen molar-refractivity contribution in [2.75, 3.05) is 6.54 Å². The van der Waals surface area contributed by atoms with E-state index in [2.05, 4.69) is 12.2 Å². The highest BCUT2D eigenvalue weighted by molar-refractivity contribution is 5.94. The maximum absolute atomic E-state index is 12.0. The summed E-state index contributed by atoms with van der Waals surface area (Å²) in [5, 5.41) is 11.0. The van der Waals surface area contributed by atoms with Gasteiger partial charge in [-0.15, -0.1) is 0 Å². The summed E-state index contributed by atoms with van der Waals surface area (Å²) in [4.78, 5) is 35.9. The van der Waals surface area contributed by atoms with Gasteiger partial charge in [0.05, 0.1) is 0 Å². The van der Waals surface area contributed by atoms with Crippen molar-refractivity contribution in [3.05, 3.63) is 0 Å². The molecule has 0 aliphatic carbocycles. The second-order valence-electron chi connectivity index (χ2n) is 5.93. The first kappa shape index (κ1) is 16.5. The molecule has 6 nitrogen and oxygen atoms in total. The summed E-state index contributed by atoms with van der Waals surface area (Å²) in [6, 6.07) is -0.236. The van der Waals surface area contributed by atoms with Crippen molar-refractivity contribution in [3.8, 4) is 0 Å². The molecule has 1 aliphatic heterocycles. The Labute approximate surface area is 119 Å². The first-order valence-corrected chi connectivity index (χ1v) is 7.11. The molecule has 1 saturated heterocycles. The Morgan fingerprint density at radius 1 is 1.30 bits per heavy atom. The third-order valence-corrected chi connectivity index (χ3v) is 3.70. The Bertz CT molecular complexity index is 383. The van der Waals surface area contributed by atoms with Crippen LogP contribution in [0.2, 0.25) is 0 Å². The lowest BCUT2D eigenvalue weighted by atomic mass is 9.94. The minimum atomic E-state index is -0.935. The maximum atomic E-state index is 12.0. The highest BCUT2D eigenvalue weighted by atomic mass is 16.4. The highest BCUT2D eigenvalue weighted by Crippen LogP contribution is 2.22. The third kappa shape index (κ3) is 5.19. The van der Waals surface area contributed by atoms with Crippen molar-refractivity contribution < 1.29 is 19.5 Å². The second kappa shape index (κ2) is 7.26. The molecule has 0 aromatic rings. The Morgan fingerprint density at radius 2 is 1.95 bits per heavy atom. The van der Waals surface area contributed by atoms with E-state index in [-0.39, 0.29) is 30.8 Å². The number of carbonyl (C=O) groups is 3. The Kier molecular flexibility index (Phi) is 5.98. The Morgan fingerprint density at radius 3 is 2.50 bits per heavy atom. The second-order valence-corrected chi connectivity index (χ2v) is 5.93. The van der Waals surface area contributed by atoms with Crippen LogP contribution in [0.1, 0.15) is 46.5 Å². The number of nitrogens with zero attached hydrogens (tertiary/aromatic N) is 1. The van der Waals surface area contributed by atoms with Crippen molar-refractivity contribution in [1.82, 2.24) is 10.2 Å². The quantitative estimate of drug-likeness (QED) is 0.824. The van der Waals surface area contributed by atoms with Crippen LogP contribution in [0.4, 0.5) is 4.79 Å². The van der Waals surface area contributed by atoms with E-state index in [0.29, 0.717) is 12.5 Å². The normalized spacial score (nSPS) is 24.1. The number of carbonyl (C=O) groups excluding carboxylic acids is 2. The van der Waals surface area contributed by atoms with Gasteiger partial charge in [0, 0.05) is 25.4 Å². The number of carboxylic acid groups (broad SMARTS) is 1. The number of imide groups is 1. The molecule has 0 aromatic heterocycles.